The van der Waals surface area contributed by atoms with Crippen LogP contribution in [-0.2, 0) is 21.2 Å². The highest BCUT2D eigenvalue weighted by Crippen LogP contribution is 2.20. The second-order valence-corrected chi connectivity index (χ2v) is 7.93. The monoisotopic (exact) mass is 344 g/mol. The van der Waals surface area contributed by atoms with E-state index in [1.165, 1.54) is 4.31 Å². The average molecular weight is 345 g/mol. The molecule has 1 heterocycles. The zero-order chi connectivity index (χ0) is 16.2. The van der Waals surface area contributed by atoms with E-state index in [1.807, 2.05) is 18.2 Å². The summed E-state index contributed by atoms with van der Waals surface area (Å²) in [6.45, 7) is 0.887. The Bertz CT molecular complexity index is 633. The minimum atomic E-state index is -3.35. The fraction of sp³-hybridized carbons (Fsp3) is 0.533. The van der Waals surface area contributed by atoms with E-state index in [4.69, 9.17) is 11.6 Å². The zero-order valence-electron chi connectivity index (χ0n) is 12.6. The van der Waals surface area contributed by atoms with Crippen molar-refractivity contribution >= 4 is 27.5 Å². The maximum absolute atomic E-state index is 12.3. The number of hydrogen-bond acceptors (Lipinski definition) is 3. The fourth-order valence-electron chi connectivity index (χ4n) is 2.70. The van der Waals surface area contributed by atoms with Crippen molar-refractivity contribution in [2.75, 3.05) is 19.3 Å². The standard InChI is InChI=1S/C15H21ClN2O3S/c1-22(20,21)18-10-3-2-7-14(18)15(19)17-9-8-12-5-4-6-13(16)11-12/h4-6,11,14H,2-3,7-10H2,1H3,(H,17,19)/t14-/m1/s1. The van der Waals surface area contributed by atoms with Crippen LogP contribution in [0.4, 0.5) is 0 Å². The molecule has 0 radical (unpaired) electrons. The van der Waals surface area contributed by atoms with Gasteiger partial charge in [0.25, 0.3) is 0 Å². The van der Waals surface area contributed by atoms with Gasteiger partial charge in [0.05, 0.1) is 6.26 Å². The lowest BCUT2D eigenvalue weighted by atomic mass is 10.0. The van der Waals surface area contributed by atoms with Crippen LogP contribution >= 0.6 is 11.6 Å². The number of amides is 1. The highest BCUT2D eigenvalue weighted by Gasteiger charge is 2.34. The van der Waals surface area contributed by atoms with Crippen LogP contribution in [0.3, 0.4) is 0 Å². The summed E-state index contributed by atoms with van der Waals surface area (Å²) in [4.78, 5) is 12.3. The lowest BCUT2D eigenvalue weighted by molar-refractivity contribution is -0.125. The second kappa shape index (κ2) is 7.44. The molecule has 1 aliphatic heterocycles. The molecular weight excluding hydrogens is 324 g/mol. The smallest absolute Gasteiger partial charge is 0.238 e. The zero-order valence-corrected chi connectivity index (χ0v) is 14.2. The van der Waals surface area contributed by atoms with Gasteiger partial charge in [0, 0.05) is 18.1 Å². The third kappa shape index (κ3) is 4.69. The molecule has 1 amide bonds. The highest BCUT2D eigenvalue weighted by molar-refractivity contribution is 7.88. The summed E-state index contributed by atoms with van der Waals surface area (Å²) in [5.41, 5.74) is 1.04. The molecule has 0 saturated carbocycles. The van der Waals surface area contributed by atoms with Gasteiger partial charge in [0.1, 0.15) is 6.04 Å². The summed E-state index contributed by atoms with van der Waals surface area (Å²) in [6.07, 6.45) is 4.08. The molecule has 1 saturated heterocycles. The number of halogens is 1. The van der Waals surface area contributed by atoms with Crippen molar-refractivity contribution in [3.8, 4) is 0 Å². The summed E-state index contributed by atoms with van der Waals surface area (Å²) < 4.78 is 24.8. The molecule has 1 aromatic carbocycles. The Hall–Kier alpha value is -1.11. The maximum Gasteiger partial charge on any atom is 0.238 e. The molecule has 22 heavy (non-hydrogen) atoms. The summed E-state index contributed by atoms with van der Waals surface area (Å²) in [7, 11) is -3.35. The summed E-state index contributed by atoms with van der Waals surface area (Å²) in [5, 5.41) is 3.50. The predicted octanol–water partition coefficient (Wildman–Crippen LogP) is 1.81. The Morgan fingerprint density at radius 2 is 2.18 bits per heavy atom. The lowest BCUT2D eigenvalue weighted by Gasteiger charge is -2.32. The summed E-state index contributed by atoms with van der Waals surface area (Å²) >= 11 is 5.92. The van der Waals surface area contributed by atoms with Crippen LogP contribution in [0.15, 0.2) is 24.3 Å². The number of nitrogens with zero attached hydrogens (tertiary/aromatic N) is 1. The first-order valence-corrected chi connectivity index (χ1v) is 9.59. The van der Waals surface area contributed by atoms with Crippen LogP contribution in [-0.4, -0.2) is 44.0 Å². The molecule has 1 atom stereocenters. The van der Waals surface area contributed by atoms with E-state index in [2.05, 4.69) is 5.32 Å². The fourth-order valence-corrected chi connectivity index (χ4v) is 4.04. The molecular formula is C15H21ClN2O3S. The van der Waals surface area contributed by atoms with Crippen molar-refractivity contribution in [1.29, 1.82) is 0 Å². The normalized spacial score (nSPS) is 19.8. The number of nitrogens with one attached hydrogen (secondary N) is 1. The van der Waals surface area contributed by atoms with Gasteiger partial charge < -0.3 is 5.32 Å². The maximum atomic E-state index is 12.3. The van der Waals surface area contributed by atoms with E-state index in [0.29, 0.717) is 31.0 Å². The van der Waals surface area contributed by atoms with Crippen molar-refractivity contribution in [2.45, 2.75) is 31.7 Å². The number of carbonyl (C=O) groups excluding carboxylic acids is 1. The van der Waals surface area contributed by atoms with E-state index < -0.39 is 16.1 Å². The van der Waals surface area contributed by atoms with Gasteiger partial charge >= 0.3 is 0 Å². The number of carbonyl (C=O) groups is 1. The van der Waals surface area contributed by atoms with Gasteiger partial charge in [-0.1, -0.05) is 30.2 Å². The molecule has 2 rings (SSSR count). The number of hydrogen-bond donors (Lipinski definition) is 1. The molecule has 1 fully saturated rings. The second-order valence-electron chi connectivity index (χ2n) is 5.56. The first-order chi connectivity index (χ1) is 10.4. The first kappa shape index (κ1) is 17.2. The molecule has 0 aliphatic carbocycles. The van der Waals surface area contributed by atoms with Gasteiger partial charge in [-0.3, -0.25) is 4.79 Å². The van der Waals surface area contributed by atoms with Crippen LogP contribution < -0.4 is 5.32 Å². The highest BCUT2D eigenvalue weighted by atomic mass is 35.5. The minimum Gasteiger partial charge on any atom is -0.354 e. The molecule has 0 aromatic heterocycles. The predicted molar refractivity (Wildman–Crippen MR) is 87.4 cm³/mol. The largest absolute Gasteiger partial charge is 0.354 e. The van der Waals surface area contributed by atoms with Crippen LogP contribution in [0.2, 0.25) is 5.02 Å². The lowest BCUT2D eigenvalue weighted by Crippen LogP contribution is -2.51. The number of rotatable bonds is 5. The van der Waals surface area contributed by atoms with Crippen molar-refractivity contribution in [2.24, 2.45) is 0 Å². The van der Waals surface area contributed by atoms with E-state index in [-0.39, 0.29) is 5.91 Å². The number of benzene rings is 1. The van der Waals surface area contributed by atoms with E-state index in [0.717, 1.165) is 24.7 Å². The molecule has 5 nitrogen and oxygen atoms in total. The third-order valence-corrected chi connectivity index (χ3v) is 5.31. The SMILES string of the molecule is CS(=O)(=O)N1CCCC[C@@H]1C(=O)NCCc1cccc(Cl)c1. The van der Waals surface area contributed by atoms with Gasteiger partial charge in [-0.15, -0.1) is 0 Å². The Morgan fingerprint density at radius 3 is 2.86 bits per heavy atom. The van der Waals surface area contributed by atoms with Crippen LogP contribution in [0.25, 0.3) is 0 Å². The molecule has 1 aromatic rings. The molecule has 122 valence electrons. The molecule has 0 spiro atoms. The Balaban J connectivity index is 1.90. The van der Waals surface area contributed by atoms with E-state index >= 15 is 0 Å². The van der Waals surface area contributed by atoms with Crippen molar-refractivity contribution in [3.05, 3.63) is 34.9 Å². The first-order valence-electron chi connectivity index (χ1n) is 7.37. The quantitative estimate of drug-likeness (QED) is 0.886. The molecule has 7 heteroatoms. The van der Waals surface area contributed by atoms with Gasteiger partial charge in [-0.05, 0) is 37.0 Å². The summed E-state index contributed by atoms with van der Waals surface area (Å²) in [5.74, 6) is -0.216. The van der Waals surface area contributed by atoms with Crippen LogP contribution in [0.5, 0.6) is 0 Å². The molecule has 1 N–H and O–H groups in total. The minimum absolute atomic E-state index is 0.216. The molecule has 0 unspecified atom stereocenters. The number of sulfonamides is 1. The third-order valence-electron chi connectivity index (χ3n) is 3.78. The Labute approximate surface area is 136 Å². The van der Waals surface area contributed by atoms with E-state index in [9.17, 15) is 13.2 Å². The van der Waals surface area contributed by atoms with Gasteiger partial charge in [0.15, 0.2) is 0 Å². The summed E-state index contributed by atoms with van der Waals surface area (Å²) in [6, 6.07) is 6.89. The Kier molecular flexibility index (Phi) is 5.83. The number of piperidine rings is 1. The van der Waals surface area contributed by atoms with E-state index in [1.54, 1.807) is 6.07 Å². The van der Waals surface area contributed by atoms with Crippen LogP contribution in [0, 0.1) is 0 Å². The van der Waals surface area contributed by atoms with Crippen molar-refractivity contribution < 1.29 is 13.2 Å². The molecule has 1 aliphatic rings. The van der Waals surface area contributed by atoms with Gasteiger partial charge in [-0.25, -0.2) is 8.42 Å². The average Bonchev–Trinajstić information content (AvgIpc) is 2.46. The van der Waals surface area contributed by atoms with Gasteiger partial charge in [-0.2, -0.15) is 4.31 Å². The van der Waals surface area contributed by atoms with Crippen molar-refractivity contribution in [1.82, 2.24) is 9.62 Å². The van der Waals surface area contributed by atoms with Gasteiger partial charge in [0.2, 0.25) is 15.9 Å². The topological polar surface area (TPSA) is 66.5 Å². The van der Waals surface area contributed by atoms with Crippen LogP contribution in [0.1, 0.15) is 24.8 Å². The van der Waals surface area contributed by atoms with Crippen molar-refractivity contribution in [3.63, 3.8) is 0 Å². The Morgan fingerprint density at radius 1 is 1.41 bits per heavy atom. The molecule has 0 bridgehead atoms.